The van der Waals surface area contributed by atoms with Gasteiger partial charge in [-0.05, 0) is 33.7 Å². The maximum absolute atomic E-state index is 8.69. The average Bonchev–Trinajstić information content (AvgIpc) is 2.72. The largest absolute Gasteiger partial charge is 0.192 e. The van der Waals surface area contributed by atoms with Gasteiger partial charge in [-0.3, -0.25) is 0 Å². The highest BCUT2D eigenvalue weighted by atomic mass is 35.5. The quantitative estimate of drug-likeness (QED) is 0.204. The second-order valence-corrected chi connectivity index (χ2v) is 7.29. The molecule has 4 aromatic carbocycles. The number of hydrogen-bond acceptors (Lipinski definition) is 2. The Morgan fingerprint density at radius 2 is 0.750 bits per heavy atom. The van der Waals surface area contributed by atoms with E-state index in [0.29, 0.717) is 0 Å². The molecule has 0 aliphatic heterocycles. The van der Waals surface area contributed by atoms with Crippen molar-refractivity contribution in [3.8, 4) is 12.1 Å². The second-order valence-electron chi connectivity index (χ2n) is 5.78. The zero-order valence-electron chi connectivity index (χ0n) is 14.2. The molecular weight excluding hydrogens is 434 g/mol. The van der Waals surface area contributed by atoms with Gasteiger partial charge in [-0.2, -0.15) is 10.5 Å². The lowest BCUT2D eigenvalue weighted by Crippen LogP contribution is -1.89. The summed E-state index contributed by atoms with van der Waals surface area (Å²) in [5.41, 5.74) is -0.0512. The molecule has 0 fully saturated rings. The number of rotatable bonds is 0. The zero-order valence-corrected chi connectivity index (χ0v) is 17.2. The van der Waals surface area contributed by atoms with Crippen molar-refractivity contribution >= 4 is 67.9 Å². The van der Waals surface area contributed by atoms with E-state index in [1.165, 1.54) is 21.5 Å². The lowest BCUT2D eigenvalue weighted by Gasteiger charge is -2.05. The Morgan fingerprint density at radius 3 is 0.964 bits per heavy atom. The molecule has 0 amide bonds. The van der Waals surface area contributed by atoms with Crippen LogP contribution in [-0.2, 0) is 0 Å². The third-order valence-corrected chi connectivity index (χ3v) is 5.81. The van der Waals surface area contributed by atoms with Crippen LogP contribution in [0.3, 0.4) is 0 Å². The van der Waals surface area contributed by atoms with Gasteiger partial charge in [-0.1, -0.05) is 94.9 Å². The number of fused-ring (bicyclic) bond motifs is 2. The van der Waals surface area contributed by atoms with Gasteiger partial charge in [0, 0.05) is 0 Å². The summed E-state index contributed by atoms with van der Waals surface area (Å²) >= 11 is 22.8. The molecule has 0 aromatic heterocycles. The van der Waals surface area contributed by atoms with Gasteiger partial charge in [-0.25, -0.2) is 0 Å². The number of nitriles is 2. The maximum atomic E-state index is 8.69. The summed E-state index contributed by atoms with van der Waals surface area (Å²) in [6, 6.07) is 24.9. The second kappa shape index (κ2) is 8.70. The van der Waals surface area contributed by atoms with E-state index in [0.717, 1.165) is 0 Å². The number of halogens is 4. The predicted molar refractivity (Wildman–Crippen MR) is 117 cm³/mol. The van der Waals surface area contributed by atoms with Crippen LogP contribution in [0.25, 0.3) is 21.5 Å². The number of nitrogens with zero attached hydrogens (tertiary/aromatic N) is 2. The Labute approximate surface area is 182 Å². The maximum Gasteiger partial charge on any atom is 0.102 e. The van der Waals surface area contributed by atoms with Crippen LogP contribution in [-0.4, -0.2) is 0 Å². The Morgan fingerprint density at radius 1 is 0.500 bits per heavy atom. The van der Waals surface area contributed by atoms with Crippen LogP contribution in [0.2, 0.25) is 20.1 Å². The van der Waals surface area contributed by atoms with E-state index in [9.17, 15) is 0 Å². The molecule has 0 unspecified atom stereocenters. The van der Waals surface area contributed by atoms with Gasteiger partial charge in [0.15, 0.2) is 0 Å². The molecular formula is C22H10Cl4N2. The lowest BCUT2D eigenvalue weighted by atomic mass is 10.0. The third kappa shape index (κ3) is 3.88. The minimum absolute atomic E-state index is 0.0256. The molecule has 0 N–H and O–H groups in total. The van der Waals surface area contributed by atoms with Crippen LogP contribution >= 0.6 is 46.4 Å². The number of hydrogen-bond donors (Lipinski definition) is 0. The van der Waals surface area contributed by atoms with Crippen LogP contribution in [0.1, 0.15) is 11.1 Å². The fraction of sp³-hybridized carbons (Fsp3) is 0. The predicted octanol–water partition coefficient (Wildman–Crippen LogP) is 8.04. The van der Waals surface area contributed by atoms with E-state index in [4.69, 9.17) is 56.9 Å². The molecule has 0 radical (unpaired) electrons. The first-order valence-electron chi connectivity index (χ1n) is 8.01. The van der Waals surface area contributed by atoms with Crippen molar-refractivity contribution in [2.45, 2.75) is 0 Å². The van der Waals surface area contributed by atoms with Gasteiger partial charge < -0.3 is 0 Å². The van der Waals surface area contributed by atoms with Crippen LogP contribution in [0.15, 0.2) is 60.7 Å². The molecule has 0 aliphatic carbocycles. The summed E-state index contributed by atoms with van der Waals surface area (Å²) in [7, 11) is 0. The van der Waals surface area contributed by atoms with E-state index in [2.05, 4.69) is 60.7 Å². The van der Waals surface area contributed by atoms with Crippen molar-refractivity contribution in [2.75, 3.05) is 0 Å². The summed E-state index contributed by atoms with van der Waals surface area (Å²) in [5, 5.41) is 22.4. The summed E-state index contributed by atoms with van der Waals surface area (Å²) in [5.74, 6) is 0. The van der Waals surface area contributed by atoms with E-state index in [1.807, 2.05) is 0 Å². The average molecular weight is 444 g/mol. The van der Waals surface area contributed by atoms with E-state index in [1.54, 1.807) is 12.1 Å². The molecule has 0 heterocycles. The zero-order chi connectivity index (χ0) is 20.3. The molecule has 28 heavy (non-hydrogen) atoms. The van der Waals surface area contributed by atoms with Crippen molar-refractivity contribution in [1.29, 1.82) is 10.5 Å². The Kier molecular flexibility index (Phi) is 6.30. The first-order valence-corrected chi connectivity index (χ1v) is 9.52. The SMILES string of the molecule is N#Cc1c(Cl)c(Cl)c(C#N)c(Cl)c1Cl.c1ccc2cc3ccccc3cc2c1. The van der Waals surface area contributed by atoms with Crippen LogP contribution < -0.4 is 0 Å². The molecule has 6 heteroatoms. The fourth-order valence-electron chi connectivity index (χ4n) is 2.71. The first-order chi connectivity index (χ1) is 13.5. The van der Waals surface area contributed by atoms with Crippen LogP contribution in [0, 0.1) is 22.7 Å². The Hall–Kier alpha value is -2.46. The van der Waals surface area contributed by atoms with Crippen molar-refractivity contribution in [2.24, 2.45) is 0 Å². The van der Waals surface area contributed by atoms with Crippen molar-refractivity contribution < 1.29 is 0 Å². The number of benzene rings is 4. The smallest absolute Gasteiger partial charge is 0.102 e. The Balaban J connectivity index is 0.000000161. The monoisotopic (exact) mass is 442 g/mol. The standard InChI is InChI=1S/C14H10.C8Cl4N2/c1-2-6-12-10-14-8-4-3-7-13(14)9-11(12)5-1;9-5-3(1-13)6(10)8(12)4(2-14)7(5)11/h1-10H;. The van der Waals surface area contributed by atoms with E-state index >= 15 is 0 Å². The molecule has 0 spiro atoms. The van der Waals surface area contributed by atoms with Gasteiger partial charge in [0.05, 0.1) is 31.2 Å². The summed E-state index contributed by atoms with van der Waals surface area (Å²) in [6.07, 6.45) is 0. The van der Waals surface area contributed by atoms with Crippen LogP contribution in [0.4, 0.5) is 0 Å². The van der Waals surface area contributed by atoms with Crippen LogP contribution in [0.5, 0.6) is 0 Å². The molecule has 4 rings (SSSR count). The first kappa shape index (κ1) is 20.3. The van der Waals surface area contributed by atoms with Gasteiger partial charge >= 0.3 is 0 Å². The summed E-state index contributed by atoms with van der Waals surface area (Å²) < 4.78 is 0. The molecule has 2 nitrogen and oxygen atoms in total. The highest BCUT2D eigenvalue weighted by molar-refractivity contribution is 6.49. The third-order valence-electron chi connectivity index (χ3n) is 4.10. The molecule has 136 valence electrons. The lowest BCUT2D eigenvalue weighted by molar-refractivity contribution is 1.45. The van der Waals surface area contributed by atoms with Crippen molar-refractivity contribution in [3.63, 3.8) is 0 Å². The molecule has 0 saturated heterocycles. The van der Waals surface area contributed by atoms with E-state index in [-0.39, 0.29) is 31.2 Å². The van der Waals surface area contributed by atoms with Gasteiger partial charge in [0.1, 0.15) is 12.1 Å². The van der Waals surface area contributed by atoms with Gasteiger partial charge in [0.25, 0.3) is 0 Å². The summed E-state index contributed by atoms with van der Waals surface area (Å²) in [6.45, 7) is 0. The fourth-order valence-corrected chi connectivity index (χ4v) is 3.73. The molecule has 0 bridgehead atoms. The molecule has 0 saturated carbocycles. The molecule has 0 aliphatic rings. The highest BCUT2D eigenvalue weighted by Crippen LogP contribution is 2.40. The van der Waals surface area contributed by atoms with Gasteiger partial charge in [0.2, 0.25) is 0 Å². The normalized spacial score (nSPS) is 10.1. The molecule has 0 atom stereocenters. The van der Waals surface area contributed by atoms with Gasteiger partial charge in [-0.15, -0.1) is 0 Å². The van der Waals surface area contributed by atoms with E-state index < -0.39 is 0 Å². The Bertz CT molecular complexity index is 1100. The van der Waals surface area contributed by atoms with Crippen molar-refractivity contribution in [1.82, 2.24) is 0 Å². The highest BCUT2D eigenvalue weighted by Gasteiger charge is 2.19. The minimum atomic E-state index is -0.0554. The minimum Gasteiger partial charge on any atom is -0.192 e. The molecule has 4 aromatic rings. The topological polar surface area (TPSA) is 47.6 Å². The summed E-state index contributed by atoms with van der Waals surface area (Å²) in [4.78, 5) is 0. The van der Waals surface area contributed by atoms with Crippen molar-refractivity contribution in [3.05, 3.63) is 91.9 Å².